The maximum atomic E-state index is 13.2. The van der Waals surface area contributed by atoms with Crippen LogP contribution >= 0.6 is 48.8 Å². The largest absolute Gasteiger partial charge is 0.369 e. The zero-order chi connectivity index (χ0) is 26.3. The first-order valence-corrected chi connectivity index (χ1v) is 14.2. The molecule has 4 N–H and O–H groups in total. The molecule has 0 spiro atoms. The van der Waals surface area contributed by atoms with Gasteiger partial charge in [-0.25, -0.2) is 9.97 Å². The summed E-state index contributed by atoms with van der Waals surface area (Å²) in [6.07, 6.45) is 13.0. The van der Waals surface area contributed by atoms with Gasteiger partial charge in [0.15, 0.2) is 0 Å². The summed E-state index contributed by atoms with van der Waals surface area (Å²) in [6.45, 7) is 0. The van der Waals surface area contributed by atoms with Crippen molar-refractivity contribution >= 4 is 77.3 Å². The lowest BCUT2D eigenvalue weighted by Crippen LogP contribution is -2.49. The van der Waals surface area contributed by atoms with Gasteiger partial charge in [0.1, 0.15) is 5.82 Å². The second kappa shape index (κ2) is 16.9. The molecule has 0 unspecified atom stereocenters. The summed E-state index contributed by atoms with van der Waals surface area (Å²) >= 11 is 6.35. The average molecular weight is 643 g/mol. The maximum Gasteiger partial charge on any atom is 0.289 e. The zero-order valence-corrected chi connectivity index (χ0v) is 26.1. The molecule has 224 valence electrons. The van der Waals surface area contributed by atoms with E-state index < -0.39 is 0 Å². The monoisotopic (exact) mass is 641 g/mol. The van der Waals surface area contributed by atoms with Crippen molar-refractivity contribution in [3.63, 3.8) is 0 Å². The molecule has 2 fully saturated rings. The minimum absolute atomic E-state index is 0. The van der Waals surface area contributed by atoms with Crippen molar-refractivity contribution in [1.82, 2.24) is 25.6 Å². The lowest BCUT2D eigenvalue weighted by atomic mass is 9.90. The predicted octanol–water partition coefficient (Wildman–Crippen LogP) is 6.93. The van der Waals surface area contributed by atoms with Crippen molar-refractivity contribution in [3.8, 4) is 0 Å². The number of nitrogens with one attached hydrogen (secondary N) is 4. The molecule has 2 aliphatic rings. The molecular formula is C29H39Cl4N7O. The van der Waals surface area contributed by atoms with Crippen molar-refractivity contribution in [3.05, 3.63) is 59.1 Å². The third-order valence-corrected chi connectivity index (χ3v) is 7.82. The first kappa shape index (κ1) is 34.8. The molecule has 0 radical (unpaired) electrons. The Morgan fingerprint density at radius 1 is 0.878 bits per heavy atom. The highest BCUT2D eigenvalue weighted by Crippen LogP contribution is 2.28. The first-order valence-electron chi connectivity index (χ1n) is 13.8. The minimum atomic E-state index is -0.229. The Balaban J connectivity index is 0.00000196. The highest BCUT2D eigenvalue weighted by molar-refractivity contribution is 6.31. The van der Waals surface area contributed by atoms with E-state index in [9.17, 15) is 4.79 Å². The SMILES string of the molecule is Cl.Cl.Cl.N=C(Cc1ccccn1)N[C@@H]1CCCC[C@@H]1Nc1nc(C(=O)NC2CCCCCC2)nc2ccc(Cl)cc12. The fraction of sp³-hybridized carbons (Fsp3) is 0.483. The number of fused-ring (bicyclic) bond motifs is 1. The van der Waals surface area contributed by atoms with Crippen molar-refractivity contribution in [1.29, 1.82) is 5.41 Å². The highest BCUT2D eigenvalue weighted by Gasteiger charge is 2.28. The van der Waals surface area contributed by atoms with E-state index in [1.807, 2.05) is 30.3 Å². The topological polar surface area (TPSA) is 116 Å². The van der Waals surface area contributed by atoms with Crippen LogP contribution in [0.15, 0.2) is 42.6 Å². The van der Waals surface area contributed by atoms with Crippen LogP contribution in [0, 0.1) is 5.41 Å². The Morgan fingerprint density at radius 2 is 1.59 bits per heavy atom. The summed E-state index contributed by atoms with van der Waals surface area (Å²) in [5.41, 5.74) is 1.55. The lowest BCUT2D eigenvalue weighted by molar-refractivity contribution is 0.0923. The van der Waals surface area contributed by atoms with Gasteiger partial charge < -0.3 is 16.0 Å². The molecule has 0 aliphatic heterocycles. The number of rotatable bonds is 7. The van der Waals surface area contributed by atoms with Crippen LogP contribution in [-0.2, 0) is 6.42 Å². The molecule has 0 bridgehead atoms. The first-order chi connectivity index (χ1) is 18.5. The second-order valence-corrected chi connectivity index (χ2v) is 10.9. The molecular weight excluding hydrogens is 604 g/mol. The summed E-state index contributed by atoms with van der Waals surface area (Å²) in [5.74, 6) is 1.00. The van der Waals surface area contributed by atoms with Gasteiger partial charge in [0.05, 0.1) is 11.4 Å². The van der Waals surface area contributed by atoms with Gasteiger partial charge in [-0.2, -0.15) is 0 Å². The van der Waals surface area contributed by atoms with Crippen LogP contribution in [0.4, 0.5) is 5.82 Å². The van der Waals surface area contributed by atoms with E-state index in [4.69, 9.17) is 22.0 Å². The van der Waals surface area contributed by atoms with E-state index in [-0.39, 0.29) is 67.1 Å². The quantitative estimate of drug-likeness (QED) is 0.126. The highest BCUT2D eigenvalue weighted by atomic mass is 35.5. The summed E-state index contributed by atoms with van der Waals surface area (Å²) in [5, 5.41) is 20.1. The minimum Gasteiger partial charge on any atom is -0.369 e. The number of amidine groups is 1. The van der Waals surface area contributed by atoms with E-state index in [0.717, 1.165) is 62.4 Å². The molecule has 12 heteroatoms. The van der Waals surface area contributed by atoms with Gasteiger partial charge in [0.25, 0.3) is 5.91 Å². The number of pyridine rings is 1. The number of benzene rings is 1. The zero-order valence-electron chi connectivity index (χ0n) is 22.9. The van der Waals surface area contributed by atoms with E-state index >= 15 is 0 Å². The van der Waals surface area contributed by atoms with Gasteiger partial charge >= 0.3 is 0 Å². The molecule has 3 aromatic rings. The Bertz CT molecular complexity index is 1270. The molecule has 5 rings (SSSR count). The third-order valence-electron chi connectivity index (χ3n) is 7.58. The molecule has 2 aromatic heterocycles. The second-order valence-electron chi connectivity index (χ2n) is 10.5. The number of halogens is 4. The van der Waals surface area contributed by atoms with E-state index in [0.29, 0.717) is 28.6 Å². The summed E-state index contributed by atoms with van der Waals surface area (Å²) in [7, 11) is 0. The molecule has 41 heavy (non-hydrogen) atoms. The van der Waals surface area contributed by atoms with Gasteiger partial charge in [-0.05, 0) is 56.0 Å². The Morgan fingerprint density at radius 3 is 2.29 bits per heavy atom. The lowest BCUT2D eigenvalue weighted by Gasteiger charge is -2.34. The van der Waals surface area contributed by atoms with Gasteiger partial charge in [-0.1, -0.05) is 56.2 Å². The smallest absolute Gasteiger partial charge is 0.289 e. The number of aromatic nitrogens is 3. The van der Waals surface area contributed by atoms with Gasteiger partial charge in [0.2, 0.25) is 5.82 Å². The standard InChI is InChI=1S/C29H36ClN7O.3ClH/c30-19-14-15-23-22(17-19)27(37-28(35-23)29(38)33-20-9-3-1-2-4-10-20)36-25-13-6-5-12-24(25)34-26(31)18-21-11-7-8-16-32-21;;;/h7-8,11,14-17,20,24-25H,1-6,9-10,12-13,18H2,(H2,31,34)(H,33,38)(H,35,36,37);3*1H/t24-,25+;;;/m1.../s1. The van der Waals surface area contributed by atoms with Crippen LogP contribution in [-0.4, -0.2) is 44.8 Å². The van der Waals surface area contributed by atoms with Crippen LogP contribution in [0.3, 0.4) is 0 Å². The summed E-state index contributed by atoms with van der Waals surface area (Å²) < 4.78 is 0. The van der Waals surface area contributed by atoms with Crippen molar-refractivity contribution in [2.75, 3.05) is 5.32 Å². The van der Waals surface area contributed by atoms with E-state index in [1.54, 1.807) is 12.3 Å². The molecule has 1 amide bonds. The molecule has 2 saturated carbocycles. The predicted molar refractivity (Wildman–Crippen MR) is 174 cm³/mol. The normalized spacial score (nSPS) is 19.0. The third kappa shape index (κ3) is 9.57. The Kier molecular flexibility index (Phi) is 14.4. The van der Waals surface area contributed by atoms with Crippen molar-refractivity contribution in [2.24, 2.45) is 0 Å². The maximum absolute atomic E-state index is 13.2. The van der Waals surface area contributed by atoms with Crippen LogP contribution < -0.4 is 16.0 Å². The fourth-order valence-corrected chi connectivity index (χ4v) is 5.77. The summed E-state index contributed by atoms with van der Waals surface area (Å²) in [4.78, 5) is 26.9. The van der Waals surface area contributed by atoms with Gasteiger partial charge in [-0.15, -0.1) is 37.2 Å². The van der Waals surface area contributed by atoms with Crippen LogP contribution in [0.2, 0.25) is 5.02 Å². The molecule has 2 aliphatic carbocycles. The molecule has 2 atom stereocenters. The van der Waals surface area contributed by atoms with Gasteiger partial charge in [0, 0.05) is 46.8 Å². The number of hydrogen-bond donors (Lipinski definition) is 4. The van der Waals surface area contributed by atoms with Crippen LogP contribution in [0.5, 0.6) is 0 Å². The number of nitrogens with zero attached hydrogens (tertiary/aromatic N) is 3. The molecule has 0 saturated heterocycles. The molecule has 8 nitrogen and oxygen atoms in total. The molecule has 2 heterocycles. The van der Waals surface area contributed by atoms with Crippen LogP contribution in [0.1, 0.15) is 80.5 Å². The number of hydrogen-bond acceptors (Lipinski definition) is 6. The summed E-state index contributed by atoms with van der Waals surface area (Å²) in [6, 6.07) is 11.5. The number of carbonyl (C=O) groups is 1. The Labute approximate surface area is 265 Å². The van der Waals surface area contributed by atoms with Crippen LogP contribution in [0.25, 0.3) is 10.9 Å². The average Bonchev–Trinajstić information content (AvgIpc) is 3.19. The Hall–Kier alpha value is -2.39. The molecule has 1 aromatic carbocycles. The number of carbonyl (C=O) groups excluding carboxylic acids is 1. The van der Waals surface area contributed by atoms with Crippen molar-refractivity contribution < 1.29 is 4.79 Å². The van der Waals surface area contributed by atoms with E-state index in [1.165, 1.54) is 12.8 Å². The van der Waals surface area contributed by atoms with E-state index in [2.05, 4.69) is 25.9 Å². The van der Waals surface area contributed by atoms with Crippen molar-refractivity contribution in [2.45, 2.75) is 88.8 Å². The number of amides is 1. The van der Waals surface area contributed by atoms with Gasteiger partial charge in [-0.3, -0.25) is 15.2 Å². The number of anilines is 1. The fourth-order valence-electron chi connectivity index (χ4n) is 5.60.